The first-order valence-corrected chi connectivity index (χ1v) is 6.20. The first-order chi connectivity index (χ1) is 9.61. The summed E-state index contributed by atoms with van der Waals surface area (Å²) in [5.41, 5.74) is 2.21. The number of anilines is 1. The molecule has 0 heterocycles. The van der Waals surface area contributed by atoms with Gasteiger partial charge in [-0.15, -0.1) is 0 Å². The second kappa shape index (κ2) is 6.00. The van der Waals surface area contributed by atoms with Crippen LogP contribution in [0.3, 0.4) is 0 Å². The number of hydrogen-bond donors (Lipinski definition) is 2. The van der Waals surface area contributed by atoms with Gasteiger partial charge in [-0.3, -0.25) is 4.79 Å². The van der Waals surface area contributed by atoms with Crippen molar-refractivity contribution in [2.24, 2.45) is 0 Å². The van der Waals surface area contributed by atoms with E-state index in [1.54, 1.807) is 55.5 Å². The van der Waals surface area contributed by atoms with Gasteiger partial charge >= 0.3 is 0 Å². The number of carbonyl (C=O) groups is 1. The number of benzene rings is 2. The number of nitrogens with one attached hydrogen (secondary N) is 1. The number of para-hydroxylation sites is 1. The number of hydrogen-bond acceptors (Lipinski definition) is 3. The quantitative estimate of drug-likeness (QED) is 0.897. The molecule has 1 amide bonds. The van der Waals surface area contributed by atoms with Crippen molar-refractivity contribution in [2.75, 3.05) is 5.32 Å². The molecule has 0 aromatic heterocycles. The standard InChI is InChI=1S/C16H14N2O2/c1-11(19)14-4-2-3-5-15(14)18-16(20)13-8-6-12(10-17)7-9-13/h2-9,11,19H,1H3,(H,18,20). The Labute approximate surface area is 117 Å². The Bertz CT molecular complexity index is 655. The van der Waals surface area contributed by atoms with E-state index in [1.807, 2.05) is 6.07 Å². The van der Waals surface area contributed by atoms with Crippen LogP contribution in [0.25, 0.3) is 0 Å². The first kappa shape index (κ1) is 13.8. The number of aliphatic hydroxyl groups is 1. The van der Waals surface area contributed by atoms with Crippen molar-refractivity contribution in [3.8, 4) is 6.07 Å². The van der Waals surface area contributed by atoms with Crippen molar-refractivity contribution in [1.82, 2.24) is 0 Å². The fourth-order valence-corrected chi connectivity index (χ4v) is 1.87. The van der Waals surface area contributed by atoms with E-state index in [4.69, 9.17) is 5.26 Å². The van der Waals surface area contributed by atoms with E-state index in [0.29, 0.717) is 22.4 Å². The third-order valence-corrected chi connectivity index (χ3v) is 2.94. The van der Waals surface area contributed by atoms with E-state index < -0.39 is 6.10 Å². The smallest absolute Gasteiger partial charge is 0.255 e. The Kier molecular flexibility index (Phi) is 4.14. The van der Waals surface area contributed by atoms with Crippen molar-refractivity contribution in [2.45, 2.75) is 13.0 Å². The normalized spacial score (nSPS) is 11.4. The highest BCUT2D eigenvalue weighted by Crippen LogP contribution is 2.22. The first-order valence-electron chi connectivity index (χ1n) is 6.20. The maximum Gasteiger partial charge on any atom is 0.255 e. The van der Waals surface area contributed by atoms with Crippen LogP contribution < -0.4 is 5.32 Å². The van der Waals surface area contributed by atoms with Crippen LogP contribution in [-0.4, -0.2) is 11.0 Å². The maximum absolute atomic E-state index is 12.1. The van der Waals surface area contributed by atoms with E-state index in [0.717, 1.165) is 0 Å². The van der Waals surface area contributed by atoms with Crippen molar-refractivity contribution >= 4 is 11.6 Å². The molecule has 100 valence electrons. The molecule has 4 heteroatoms. The molecule has 20 heavy (non-hydrogen) atoms. The molecule has 2 aromatic rings. The molecule has 2 rings (SSSR count). The lowest BCUT2D eigenvalue weighted by Gasteiger charge is -2.13. The van der Waals surface area contributed by atoms with Crippen LogP contribution in [0.5, 0.6) is 0 Å². The number of amides is 1. The zero-order valence-electron chi connectivity index (χ0n) is 11.0. The monoisotopic (exact) mass is 266 g/mol. The third kappa shape index (κ3) is 3.02. The summed E-state index contributed by atoms with van der Waals surface area (Å²) in [5.74, 6) is -0.275. The molecule has 4 nitrogen and oxygen atoms in total. The minimum atomic E-state index is -0.660. The van der Waals surface area contributed by atoms with Gasteiger partial charge < -0.3 is 10.4 Å². The van der Waals surface area contributed by atoms with Gasteiger partial charge in [-0.05, 0) is 37.3 Å². The van der Waals surface area contributed by atoms with Crippen molar-refractivity contribution < 1.29 is 9.90 Å². The van der Waals surface area contributed by atoms with E-state index in [9.17, 15) is 9.90 Å². The highest BCUT2D eigenvalue weighted by molar-refractivity contribution is 6.04. The average Bonchev–Trinajstić information content (AvgIpc) is 2.47. The fourth-order valence-electron chi connectivity index (χ4n) is 1.87. The van der Waals surface area contributed by atoms with Crippen LogP contribution in [-0.2, 0) is 0 Å². The number of nitriles is 1. The molecule has 2 N–H and O–H groups in total. The largest absolute Gasteiger partial charge is 0.389 e. The van der Waals surface area contributed by atoms with Gasteiger partial charge in [0.1, 0.15) is 0 Å². The summed E-state index contributed by atoms with van der Waals surface area (Å²) in [7, 11) is 0. The Morgan fingerprint density at radius 3 is 2.45 bits per heavy atom. The lowest BCUT2D eigenvalue weighted by Crippen LogP contribution is -2.13. The van der Waals surface area contributed by atoms with Crippen LogP contribution in [0.1, 0.15) is 34.5 Å². The molecular weight excluding hydrogens is 252 g/mol. The zero-order chi connectivity index (χ0) is 14.5. The predicted octanol–water partition coefficient (Wildman–Crippen LogP) is 2.86. The second-order valence-electron chi connectivity index (χ2n) is 4.41. The molecule has 0 spiro atoms. The van der Waals surface area contributed by atoms with Crippen molar-refractivity contribution in [3.05, 3.63) is 65.2 Å². The predicted molar refractivity (Wildman–Crippen MR) is 76.2 cm³/mol. The van der Waals surface area contributed by atoms with Crippen LogP contribution in [0, 0.1) is 11.3 Å². The molecule has 0 saturated carbocycles. The van der Waals surface area contributed by atoms with Gasteiger partial charge in [0, 0.05) is 16.8 Å². The summed E-state index contributed by atoms with van der Waals surface area (Å²) >= 11 is 0. The summed E-state index contributed by atoms with van der Waals surface area (Å²) in [5, 5.41) is 21.2. The SMILES string of the molecule is CC(O)c1ccccc1NC(=O)c1ccc(C#N)cc1. The van der Waals surface area contributed by atoms with Crippen molar-refractivity contribution in [1.29, 1.82) is 5.26 Å². The van der Waals surface area contributed by atoms with Crippen LogP contribution in [0.2, 0.25) is 0 Å². The van der Waals surface area contributed by atoms with Gasteiger partial charge in [0.25, 0.3) is 5.91 Å². The molecular formula is C16H14N2O2. The second-order valence-corrected chi connectivity index (χ2v) is 4.41. The van der Waals surface area contributed by atoms with E-state index in [2.05, 4.69) is 5.32 Å². The molecule has 0 aliphatic rings. The third-order valence-electron chi connectivity index (χ3n) is 2.94. The van der Waals surface area contributed by atoms with E-state index >= 15 is 0 Å². The molecule has 1 unspecified atom stereocenters. The van der Waals surface area contributed by atoms with Gasteiger partial charge in [0.2, 0.25) is 0 Å². The lowest BCUT2D eigenvalue weighted by molar-refractivity contribution is 0.102. The Hall–Kier alpha value is -2.64. The summed E-state index contributed by atoms with van der Waals surface area (Å²) in [6, 6.07) is 15.5. The van der Waals surface area contributed by atoms with Gasteiger partial charge in [0.15, 0.2) is 0 Å². The Morgan fingerprint density at radius 1 is 1.20 bits per heavy atom. The molecule has 2 aromatic carbocycles. The summed E-state index contributed by atoms with van der Waals surface area (Å²) in [6.07, 6.45) is -0.660. The summed E-state index contributed by atoms with van der Waals surface area (Å²) < 4.78 is 0. The van der Waals surface area contributed by atoms with Gasteiger partial charge in [-0.2, -0.15) is 5.26 Å². The minimum Gasteiger partial charge on any atom is -0.389 e. The number of aliphatic hydroxyl groups excluding tert-OH is 1. The summed E-state index contributed by atoms with van der Waals surface area (Å²) in [4.78, 5) is 12.1. The lowest BCUT2D eigenvalue weighted by atomic mass is 10.1. The highest BCUT2D eigenvalue weighted by atomic mass is 16.3. The van der Waals surface area contributed by atoms with Gasteiger partial charge in [-0.1, -0.05) is 18.2 Å². The molecule has 0 aliphatic carbocycles. The molecule has 1 atom stereocenters. The number of nitrogens with zero attached hydrogens (tertiary/aromatic N) is 1. The van der Waals surface area contributed by atoms with Gasteiger partial charge in [-0.25, -0.2) is 0 Å². The maximum atomic E-state index is 12.1. The molecule has 0 saturated heterocycles. The molecule has 0 radical (unpaired) electrons. The molecule has 0 fully saturated rings. The molecule has 0 aliphatic heterocycles. The zero-order valence-corrected chi connectivity index (χ0v) is 11.0. The fraction of sp³-hybridized carbons (Fsp3) is 0.125. The van der Waals surface area contributed by atoms with Crippen LogP contribution >= 0.6 is 0 Å². The average molecular weight is 266 g/mol. The molecule has 0 bridgehead atoms. The van der Waals surface area contributed by atoms with E-state index in [1.165, 1.54) is 0 Å². The van der Waals surface area contributed by atoms with Crippen LogP contribution in [0.15, 0.2) is 48.5 Å². The minimum absolute atomic E-state index is 0.275. The number of carbonyl (C=O) groups excluding carboxylic acids is 1. The number of rotatable bonds is 3. The van der Waals surface area contributed by atoms with E-state index in [-0.39, 0.29) is 5.91 Å². The van der Waals surface area contributed by atoms with Crippen LogP contribution in [0.4, 0.5) is 5.69 Å². The summed E-state index contributed by atoms with van der Waals surface area (Å²) in [6.45, 7) is 1.65. The Balaban J connectivity index is 2.21. The van der Waals surface area contributed by atoms with Gasteiger partial charge in [0.05, 0.1) is 17.7 Å². The Morgan fingerprint density at radius 2 is 1.85 bits per heavy atom. The topological polar surface area (TPSA) is 73.1 Å². The highest BCUT2D eigenvalue weighted by Gasteiger charge is 2.11. The van der Waals surface area contributed by atoms with Crippen molar-refractivity contribution in [3.63, 3.8) is 0 Å².